The first-order valence-corrected chi connectivity index (χ1v) is 16.2. The van der Waals surface area contributed by atoms with Crippen LogP contribution in [0.3, 0.4) is 0 Å². The van der Waals surface area contributed by atoms with E-state index in [2.05, 4.69) is 6.58 Å². The highest BCUT2D eigenvalue weighted by molar-refractivity contribution is 6.58. The van der Waals surface area contributed by atoms with Crippen LogP contribution in [0.15, 0.2) is 97.6 Å². The Morgan fingerprint density at radius 1 is 0.673 bits per heavy atom. The van der Waals surface area contributed by atoms with E-state index in [4.69, 9.17) is 18.9 Å². The van der Waals surface area contributed by atoms with Crippen LogP contribution in [0, 0.1) is 13.8 Å². The van der Waals surface area contributed by atoms with E-state index < -0.39 is 19.1 Å². The molecule has 10 heteroatoms. The highest BCUT2D eigenvalue weighted by Gasteiger charge is 2.17. The standard InChI is InChI=1S/C37H37BO9.C2H6/c1-4-31(39)8-6-5-7-23-44-32-17-13-29(14-18-32)37(41)47-35-22-21-34(25(2)26(35)3)46-36(40)28-11-9-27(10-12-28)24-45-33-19-15-30(16-20-33)38(42)43;1-2/h4,9-22,42-43H,1,5-8,23-24H2,2-3H3;1-2H3. The topological polar surface area (TPSA) is 129 Å². The second-order valence-electron chi connectivity index (χ2n) is 10.9. The molecule has 0 aromatic heterocycles. The van der Waals surface area contributed by atoms with Gasteiger partial charge in [-0.3, -0.25) is 4.79 Å². The average molecular weight is 667 g/mol. The van der Waals surface area contributed by atoms with Gasteiger partial charge >= 0.3 is 19.1 Å². The maximum Gasteiger partial charge on any atom is 0.488 e. The van der Waals surface area contributed by atoms with E-state index in [1.807, 2.05) is 13.8 Å². The van der Waals surface area contributed by atoms with E-state index in [-0.39, 0.29) is 12.4 Å². The maximum absolute atomic E-state index is 12.9. The van der Waals surface area contributed by atoms with Gasteiger partial charge in [0.1, 0.15) is 29.6 Å². The van der Waals surface area contributed by atoms with Crippen molar-refractivity contribution in [1.29, 1.82) is 0 Å². The molecule has 0 fully saturated rings. The summed E-state index contributed by atoms with van der Waals surface area (Å²) in [6.45, 7) is 11.8. The van der Waals surface area contributed by atoms with Gasteiger partial charge in [0.05, 0.1) is 17.7 Å². The predicted molar refractivity (Wildman–Crippen MR) is 190 cm³/mol. The quantitative estimate of drug-likeness (QED) is 0.0440. The Hall–Kier alpha value is -5.19. The summed E-state index contributed by atoms with van der Waals surface area (Å²) in [7, 11) is -1.54. The number of carbonyl (C=O) groups excluding carboxylic acids is 3. The minimum absolute atomic E-state index is 0.0489. The van der Waals surface area contributed by atoms with Crippen LogP contribution in [0.2, 0.25) is 0 Å². The number of carbonyl (C=O) groups is 3. The Kier molecular flexibility index (Phi) is 15.3. The number of esters is 2. The molecule has 4 aromatic carbocycles. The number of rotatable bonds is 16. The Labute approximate surface area is 288 Å². The fourth-order valence-corrected chi connectivity index (χ4v) is 4.51. The van der Waals surface area contributed by atoms with Gasteiger partial charge in [-0.25, -0.2) is 9.59 Å². The molecule has 2 N–H and O–H groups in total. The molecule has 0 bridgehead atoms. The number of unbranched alkanes of at least 4 members (excludes halogenated alkanes) is 2. The van der Waals surface area contributed by atoms with Gasteiger partial charge in [0.2, 0.25) is 0 Å². The summed E-state index contributed by atoms with van der Waals surface area (Å²) in [6, 6.07) is 23.1. The third kappa shape index (κ3) is 11.8. The highest BCUT2D eigenvalue weighted by Crippen LogP contribution is 2.30. The predicted octanol–water partition coefficient (Wildman–Crippen LogP) is 6.72. The normalized spacial score (nSPS) is 10.2. The third-order valence-electron chi connectivity index (χ3n) is 7.52. The molecule has 0 saturated heterocycles. The Balaban J connectivity index is 0.00000319. The molecule has 0 radical (unpaired) electrons. The van der Waals surface area contributed by atoms with E-state index in [1.54, 1.807) is 98.8 Å². The van der Waals surface area contributed by atoms with Crippen molar-refractivity contribution in [1.82, 2.24) is 0 Å². The lowest BCUT2D eigenvalue weighted by Crippen LogP contribution is -2.29. The zero-order chi connectivity index (χ0) is 35.8. The number of ether oxygens (including phenoxy) is 4. The molecule has 0 saturated carbocycles. The summed E-state index contributed by atoms with van der Waals surface area (Å²) in [5.41, 5.74) is 3.24. The van der Waals surface area contributed by atoms with Crippen LogP contribution in [0.1, 0.15) is 76.9 Å². The minimum atomic E-state index is -1.54. The van der Waals surface area contributed by atoms with Crippen molar-refractivity contribution in [3.05, 3.63) is 125 Å². The van der Waals surface area contributed by atoms with Crippen LogP contribution in [0.25, 0.3) is 0 Å². The Morgan fingerprint density at radius 2 is 1.16 bits per heavy atom. The van der Waals surface area contributed by atoms with Gasteiger partial charge < -0.3 is 29.0 Å². The highest BCUT2D eigenvalue weighted by atomic mass is 16.5. The van der Waals surface area contributed by atoms with Gasteiger partial charge in [0.25, 0.3) is 0 Å². The molecule has 0 spiro atoms. The van der Waals surface area contributed by atoms with E-state index in [0.29, 0.717) is 63.7 Å². The van der Waals surface area contributed by atoms with Crippen molar-refractivity contribution in [2.75, 3.05) is 6.61 Å². The average Bonchev–Trinajstić information content (AvgIpc) is 3.13. The number of allylic oxidation sites excluding steroid dienone is 1. The van der Waals surface area contributed by atoms with E-state index in [1.165, 1.54) is 6.08 Å². The first-order valence-electron chi connectivity index (χ1n) is 16.2. The molecule has 0 amide bonds. The van der Waals surface area contributed by atoms with Crippen LogP contribution in [0.5, 0.6) is 23.0 Å². The van der Waals surface area contributed by atoms with Gasteiger partial charge in [-0.1, -0.05) is 44.7 Å². The van der Waals surface area contributed by atoms with Gasteiger partial charge in [-0.2, -0.15) is 0 Å². The van der Waals surface area contributed by atoms with Gasteiger partial charge in [0.15, 0.2) is 5.78 Å². The second kappa shape index (κ2) is 19.6. The van der Waals surface area contributed by atoms with Crippen molar-refractivity contribution in [3.8, 4) is 23.0 Å². The number of hydrogen-bond donors (Lipinski definition) is 2. The molecular formula is C39H43BO9. The molecule has 256 valence electrons. The molecule has 0 aliphatic rings. The van der Waals surface area contributed by atoms with Crippen LogP contribution < -0.4 is 24.4 Å². The lowest BCUT2D eigenvalue weighted by molar-refractivity contribution is -0.114. The molecule has 0 unspecified atom stereocenters. The monoisotopic (exact) mass is 666 g/mol. The Bertz CT molecular complexity index is 1680. The van der Waals surface area contributed by atoms with Crippen LogP contribution in [-0.4, -0.2) is 41.5 Å². The van der Waals surface area contributed by atoms with Crippen LogP contribution in [-0.2, 0) is 11.4 Å². The fourth-order valence-electron chi connectivity index (χ4n) is 4.51. The molecule has 0 heterocycles. The van der Waals surface area contributed by atoms with Gasteiger partial charge in [-0.05, 0) is 122 Å². The van der Waals surface area contributed by atoms with E-state index >= 15 is 0 Å². The third-order valence-corrected chi connectivity index (χ3v) is 7.52. The van der Waals surface area contributed by atoms with Crippen molar-refractivity contribution in [2.24, 2.45) is 0 Å². The van der Waals surface area contributed by atoms with Crippen molar-refractivity contribution in [3.63, 3.8) is 0 Å². The molecule has 0 aliphatic carbocycles. The SMILES string of the molecule is C=CC(=O)CCCCCOc1ccc(C(=O)Oc2ccc(OC(=O)c3ccc(COc4ccc(B(O)O)cc4)cc3)c(C)c2C)cc1.CC. The minimum Gasteiger partial charge on any atom is -0.494 e. The molecule has 0 atom stereocenters. The smallest absolute Gasteiger partial charge is 0.488 e. The molecule has 9 nitrogen and oxygen atoms in total. The molecule has 49 heavy (non-hydrogen) atoms. The largest absolute Gasteiger partial charge is 0.494 e. The summed E-state index contributed by atoms with van der Waals surface area (Å²) in [5.74, 6) is 0.900. The molecule has 0 aliphatic heterocycles. The maximum atomic E-state index is 12.9. The van der Waals surface area contributed by atoms with Crippen molar-refractivity contribution in [2.45, 2.75) is 60.0 Å². The zero-order valence-corrected chi connectivity index (χ0v) is 28.4. The zero-order valence-electron chi connectivity index (χ0n) is 28.4. The van der Waals surface area contributed by atoms with E-state index in [9.17, 15) is 24.4 Å². The first kappa shape index (κ1) is 38.3. The molecular weight excluding hydrogens is 623 g/mol. The fraction of sp³-hybridized carbons (Fsp3) is 0.256. The van der Waals surface area contributed by atoms with E-state index in [0.717, 1.165) is 24.8 Å². The molecule has 4 rings (SSSR count). The van der Waals surface area contributed by atoms with Gasteiger partial charge in [-0.15, -0.1) is 0 Å². The summed E-state index contributed by atoms with van der Waals surface area (Å²) in [5, 5.41) is 18.4. The van der Waals surface area contributed by atoms with Crippen LogP contribution in [0.4, 0.5) is 0 Å². The lowest BCUT2D eigenvalue weighted by Gasteiger charge is -2.14. The summed E-state index contributed by atoms with van der Waals surface area (Å²) < 4.78 is 22.8. The second-order valence-corrected chi connectivity index (χ2v) is 10.9. The first-order chi connectivity index (χ1) is 23.6. The van der Waals surface area contributed by atoms with Crippen molar-refractivity contribution < 1.29 is 43.4 Å². The summed E-state index contributed by atoms with van der Waals surface area (Å²) in [4.78, 5) is 37.0. The van der Waals surface area contributed by atoms with Gasteiger partial charge in [0, 0.05) is 6.42 Å². The molecule has 4 aromatic rings. The summed E-state index contributed by atoms with van der Waals surface area (Å²) in [6.07, 6.45) is 4.33. The lowest BCUT2D eigenvalue weighted by atomic mass is 9.80. The number of benzene rings is 4. The van der Waals surface area contributed by atoms with Crippen LogP contribution >= 0.6 is 0 Å². The summed E-state index contributed by atoms with van der Waals surface area (Å²) >= 11 is 0. The number of ketones is 1. The number of hydrogen-bond acceptors (Lipinski definition) is 9. The Morgan fingerprint density at radius 3 is 1.67 bits per heavy atom. The van der Waals surface area contributed by atoms with Crippen molar-refractivity contribution >= 4 is 30.3 Å².